The number of non-ortho nitro benzene ring substituents is 1. The Morgan fingerprint density at radius 2 is 1.58 bits per heavy atom. The van der Waals surface area contributed by atoms with Gasteiger partial charge < -0.3 is 10.6 Å². The van der Waals surface area contributed by atoms with Crippen molar-refractivity contribution in [2.75, 3.05) is 16.4 Å². The number of hydrogen-bond acceptors (Lipinski definition) is 5. The molecule has 0 heterocycles. The van der Waals surface area contributed by atoms with Gasteiger partial charge in [0.25, 0.3) is 11.6 Å². The molecule has 2 amide bonds. The van der Waals surface area contributed by atoms with Crippen molar-refractivity contribution in [3.8, 4) is 0 Å². The largest absolute Gasteiger partial charge is 0.325 e. The highest BCUT2D eigenvalue weighted by atomic mass is 32.2. The summed E-state index contributed by atoms with van der Waals surface area (Å²) in [5, 5.41) is 16.5. The minimum absolute atomic E-state index is 0.0990. The molecule has 0 saturated carbocycles. The zero-order valence-electron chi connectivity index (χ0n) is 17.0. The second kappa shape index (κ2) is 9.90. The van der Waals surface area contributed by atoms with Crippen LogP contribution in [0.15, 0.2) is 71.6 Å². The normalized spacial score (nSPS) is 10.4. The van der Waals surface area contributed by atoms with Crippen LogP contribution in [-0.2, 0) is 4.79 Å². The molecule has 0 aliphatic carbocycles. The molecule has 0 bridgehead atoms. The standard InChI is InChI=1S/C23H21N3O4S/c1-15-10-16(2)12-19(11-15)24-22(27)14-31-21-8-6-18(7-9-21)25-23(28)17-4-3-5-20(13-17)26(29)30/h3-13H,14H2,1-2H3,(H,24,27)(H,25,28). The minimum Gasteiger partial charge on any atom is -0.325 e. The number of amides is 2. The first-order chi connectivity index (χ1) is 14.8. The molecule has 0 atom stereocenters. The Hall–Kier alpha value is -3.65. The molecule has 3 rings (SSSR count). The average Bonchev–Trinajstić information content (AvgIpc) is 2.72. The van der Waals surface area contributed by atoms with E-state index in [4.69, 9.17) is 0 Å². The molecule has 31 heavy (non-hydrogen) atoms. The third-order valence-corrected chi connectivity index (χ3v) is 5.32. The van der Waals surface area contributed by atoms with Gasteiger partial charge in [0, 0.05) is 34.0 Å². The maximum absolute atomic E-state index is 12.3. The molecule has 0 fully saturated rings. The number of carbonyl (C=O) groups excluding carboxylic acids is 2. The number of hydrogen-bond donors (Lipinski definition) is 2. The van der Waals surface area contributed by atoms with Gasteiger partial charge in [0.1, 0.15) is 0 Å². The van der Waals surface area contributed by atoms with E-state index in [1.54, 1.807) is 24.3 Å². The Labute approximate surface area is 184 Å². The number of benzene rings is 3. The van der Waals surface area contributed by atoms with Crippen LogP contribution in [-0.4, -0.2) is 22.5 Å². The predicted molar refractivity (Wildman–Crippen MR) is 123 cm³/mol. The number of nitrogens with one attached hydrogen (secondary N) is 2. The number of anilines is 2. The first-order valence-corrected chi connectivity index (χ1v) is 10.5. The van der Waals surface area contributed by atoms with Gasteiger partial charge in [-0.1, -0.05) is 12.1 Å². The third-order valence-electron chi connectivity index (χ3n) is 4.31. The maximum Gasteiger partial charge on any atom is 0.270 e. The lowest BCUT2D eigenvalue weighted by Crippen LogP contribution is -2.14. The summed E-state index contributed by atoms with van der Waals surface area (Å²) in [5.41, 5.74) is 3.58. The highest BCUT2D eigenvalue weighted by molar-refractivity contribution is 8.00. The van der Waals surface area contributed by atoms with Crippen LogP contribution in [0.4, 0.5) is 17.1 Å². The summed E-state index contributed by atoms with van der Waals surface area (Å²) >= 11 is 1.39. The lowest BCUT2D eigenvalue weighted by atomic mass is 10.1. The highest BCUT2D eigenvalue weighted by Crippen LogP contribution is 2.22. The van der Waals surface area contributed by atoms with Gasteiger partial charge in [-0.05, 0) is 67.4 Å². The van der Waals surface area contributed by atoms with E-state index < -0.39 is 10.8 Å². The molecule has 3 aromatic carbocycles. The molecular weight excluding hydrogens is 414 g/mol. The summed E-state index contributed by atoms with van der Waals surface area (Å²) in [7, 11) is 0. The zero-order valence-corrected chi connectivity index (χ0v) is 17.9. The van der Waals surface area contributed by atoms with Crippen LogP contribution < -0.4 is 10.6 Å². The van der Waals surface area contributed by atoms with Crippen molar-refractivity contribution >= 4 is 40.6 Å². The monoisotopic (exact) mass is 435 g/mol. The molecule has 0 unspecified atom stereocenters. The van der Waals surface area contributed by atoms with Crippen LogP contribution in [0.3, 0.4) is 0 Å². The average molecular weight is 436 g/mol. The number of carbonyl (C=O) groups is 2. The fraction of sp³-hybridized carbons (Fsp3) is 0.130. The topological polar surface area (TPSA) is 101 Å². The summed E-state index contributed by atoms with van der Waals surface area (Å²) in [5.74, 6) is -0.276. The Kier molecular flexibility index (Phi) is 7.04. The van der Waals surface area contributed by atoms with Gasteiger partial charge in [0.05, 0.1) is 10.7 Å². The lowest BCUT2D eigenvalue weighted by Gasteiger charge is -2.08. The summed E-state index contributed by atoms with van der Waals surface area (Å²) in [6.45, 7) is 3.97. The van der Waals surface area contributed by atoms with Gasteiger partial charge in [0.2, 0.25) is 5.91 Å². The molecule has 7 nitrogen and oxygen atoms in total. The number of nitro groups is 1. The number of nitrogens with zero attached hydrogens (tertiary/aromatic N) is 1. The van der Waals surface area contributed by atoms with E-state index in [0.29, 0.717) is 5.69 Å². The molecular formula is C23H21N3O4S. The van der Waals surface area contributed by atoms with Gasteiger partial charge in [-0.15, -0.1) is 11.8 Å². The molecule has 8 heteroatoms. The molecule has 3 aromatic rings. The third kappa shape index (κ3) is 6.42. The Morgan fingerprint density at radius 3 is 2.23 bits per heavy atom. The van der Waals surface area contributed by atoms with Crippen LogP contribution in [0, 0.1) is 24.0 Å². The quantitative estimate of drug-likeness (QED) is 0.302. The zero-order chi connectivity index (χ0) is 22.4. The maximum atomic E-state index is 12.3. The highest BCUT2D eigenvalue weighted by Gasteiger charge is 2.12. The van der Waals surface area contributed by atoms with Crippen molar-refractivity contribution in [2.45, 2.75) is 18.7 Å². The van der Waals surface area contributed by atoms with E-state index in [0.717, 1.165) is 21.7 Å². The summed E-state index contributed by atoms with van der Waals surface area (Å²) < 4.78 is 0. The molecule has 0 aliphatic heterocycles. The Balaban J connectivity index is 1.54. The second-order valence-electron chi connectivity index (χ2n) is 7.00. The second-order valence-corrected chi connectivity index (χ2v) is 8.05. The van der Waals surface area contributed by atoms with Crippen LogP contribution in [0.2, 0.25) is 0 Å². The van der Waals surface area contributed by atoms with E-state index in [1.165, 1.54) is 36.0 Å². The number of aryl methyl sites for hydroxylation is 2. The molecule has 0 aliphatic rings. The SMILES string of the molecule is Cc1cc(C)cc(NC(=O)CSc2ccc(NC(=O)c3cccc([N+](=O)[O-])c3)cc2)c1. The first kappa shape index (κ1) is 22.0. The number of nitro benzene ring substituents is 1. The Bertz CT molecular complexity index is 1110. The molecule has 0 saturated heterocycles. The van der Waals surface area contributed by atoms with Crippen molar-refractivity contribution in [3.05, 3.63) is 93.5 Å². The van der Waals surface area contributed by atoms with Gasteiger partial charge in [-0.3, -0.25) is 19.7 Å². The molecule has 2 N–H and O–H groups in total. The van der Waals surface area contributed by atoms with Gasteiger partial charge in [-0.25, -0.2) is 0 Å². The summed E-state index contributed by atoms with van der Waals surface area (Å²) in [4.78, 5) is 35.7. The summed E-state index contributed by atoms with van der Waals surface area (Å²) in [6.07, 6.45) is 0. The number of thioether (sulfide) groups is 1. The van der Waals surface area contributed by atoms with Crippen LogP contribution >= 0.6 is 11.8 Å². The molecule has 0 spiro atoms. The van der Waals surface area contributed by atoms with Crippen LogP contribution in [0.5, 0.6) is 0 Å². The van der Waals surface area contributed by atoms with Gasteiger partial charge in [0.15, 0.2) is 0 Å². The van der Waals surface area contributed by atoms with E-state index in [2.05, 4.69) is 10.6 Å². The Morgan fingerprint density at radius 1 is 0.903 bits per heavy atom. The predicted octanol–water partition coefficient (Wildman–Crippen LogP) is 5.19. The molecule has 0 radical (unpaired) electrons. The lowest BCUT2D eigenvalue weighted by molar-refractivity contribution is -0.384. The fourth-order valence-electron chi connectivity index (χ4n) is 2.99. The first-order valence-electron chi connectivity index (χ1n) is 9.47. The van der Waals surface area contributed by atoms with Crippen molar-refractivity contribution in [2.24, 2.45) is 0 Å². The van der Waals surface area contributed by atoms with Crippen molar-refractivity contribution in [1.29, 1.82) is 0 Å². The molecule has 158 valence electrons. The minimum atomic E-state index is -0.543. The van der Waals surface area contributed by atoms with Gasteiger partial charge in [-0.2, -0.15) is 0 Å². The number of rotatable bonds is 7. The fourth-order valence-corrected chi connectivity index (χ4v) is 3.69. The van der Waals surface area contributed by atoms with E-state index in [9.17, 15) is 19.7 Å². The summed E-state index contributed by atoms with van der Waals surface area (Å²) in [6, 6.07) is 18.5. The van der Waals surface area contributed by atoms with Crippen LogP contribution in [0.25, 0.3) is 0 Å². The molecule has 0 aromatic heterocycles. The van der Waals surface area contributed by atoms with E-state index in [-0.39, 0.29) is 22.9 Å². The van der Waals surface area contributed by atoms with Crippen molar-refractivity contribution in [1.82, 2.24) is 0 Å². The van der Waals surface area contributed by atoms with E-state index >= 15 is 0 Å². The van der Waals surface area contributed by atoms with E-state index in [1.807, 2.05) is 32.0 Å². The van der Waals surface area contributed by atoms with Crippen molar-refractivity contribution < 1.29 is 14.5 Å². The van der Waals surface area contributed by atoms with Gasteiger partial charge >= 0.3 is 0 Å². The smallest absolute Gasteiger partial charge is 0.270 e. The van der Waals surface area contributed by atoms with Crippen molar-refractivity contribution in [3.63, 3.8) is 0 Å². The van der Waals surface area contributed by atoms with Crippen LogP contribution in [0.1, 0.15) is 21.5 Å².